The van der Waals surface area contributed by atoms with Gasteiger partial charge in [0.15, 0.2) is 0 Å². The summed E-state index contributed by atoms with van der Waals surface area (Å²) in [5.74, 6) is 1.28. The minimum Gasteiger partial charge on any atom is -0.355 e. The van der Waals surface area contributed by atoms with Crippen molar-refractivity contribution in [2.75, 3.05) is 26.7 Å². The second kappa shape index (κ2) is 13.4. The highest BCUT2D eigenvalue weighted by molar-refractivity contribution is 5.85. The molecule has 1 amide bonds. The van der Waals surface area contributed by atoms with E-state index < -0.39 is 0 Å². The van der Waals surface area contributed by atoms with Crippen LogP contribution in [0, 0.1) is 11.8 Å². The standard InChI is InChI=1S/C20H33N3O.2ClH/c1-16(19-10-7-11-21-14-19)12-20(24)22-13-17(2)23(3)15-18-8-5-4-6-9-18;;/h4-6,8-9,16-17,19,21H,7,10-15H2,1-3H3,(H,22,24);2*1H. The first-order chi connectivity index (χ1) is 11.6. The molecule has 1 aromatic rings. The number of benzene rings is 1. The molecule has 3 atom stereocenters. The van der Waals surface area contributed by atoms with Crippen molar-refractivity contribution < 1.29 is 4.79 Å². The number of hydrogen-bond acceptors (Lipinski definition) is 3. The average Bonchev–Trinajstić information content (AvgIpc) is 2.61. The summed E-state index contributed by atoms with van der Waals surface area (Å²) in [5, 5.41) is 6.56. The molecule has 150 valence electrons. The molecular weight excluding hydrogens is 369 g/mol. The largest absolute Gasteiger partial charge is 0.355 e. The van der Waals surface area contributed by atoms with Crippen LogP contribution < -0.4 is 10.6 Å². The fourth-order valence-corrected chi connectivity index (χ4v) is 3.34. The molecule has 2 N–H and O–H groups in total. The molecule has 26 heavy (non-hydrogen) atoms. The number of nitrogens with zero attached hydrogens (tertiary/aromatic N) is 1. The average molecular weight is 404 g/mol. The molecule has 1 heterocycles. The van der Waals surface area contributed by atoms with Crippen LogP contribution in [0.2, 0.25) is 0 Å². The molecule has 1 aromatic carbocycles. The molecular formula is C20H35Cl2N3O. The topological polar surface area (TPSA) is 44.4 Å². The Labute approximate surface area is 171 Å². The minimum absolute atomic E-state index is 0. The Morgan fingerprint density at radius 1 is 1.27 bits per heavy atom. The molecule has 0 aromatic heterocycles. The first-order valence-electron chi connectivity index (χ1n) is 9.28. The summed E-state index contributed by atoms with van der Waals surface area (Å²) in [6.07, 6.45) is 3.12. The maximum Gasteiger partial charge on any atom is 0.220 e. The van der Waals surface area contributed by atoms with Crippen LogP contribution in [0.15, 0.2) is 30.3 Å². The number of nitrogens with one attached hydrogen (secondary N) is 2. The SMILES string of the molecule is CC(CC(=O)NCC(C)N(C)Cc1ccccc1)C1CCCNC1.Cl.Cl. The van der Waals surface area contributed by atoms with Crippen molar-refractivity contribution in [3.05, 3.63) is 35.9 Å². The second-order valence-corrected chi connectivity index (χ2v) is 7.34. The fourth-order valence-electron chi connectivity index (χ4n) is 3.34. The van der Waals surface area contributed by atoms with Gasteiger partial charge in [-0.25, -0.2) is 0 Å². The Morgan fingerprint density at radius 3 is 2.58 bits per heavy atom. The van der Waals surface area contributed by atoms with Crippen molar-refractivity contribution in [2.24, 2.45) is 11.8 Å². The molecule has 1 saturated heterocycles. The lowest BCUT2D eigenvalue weighted by Gasteiger charge is -2.28. The van der Waals surface area contributed by atoms with Gasteiger partial charge in [0, 0.05) is 25.6 Å². The van der Waals surface area contributed by atoms with E-state index in [9.17, 15) is 4.79 Å². The normalized spacial score (nSPS) is 19.0. The van der Waals surface area contributed by atoms with Gasteiger partial charge in [-0.2, -0.15) is 0 Å². The van der Waals surface area contributed by atoms with E-state index in [2.05, 4.69) is 60.7 Å². The lowest BCUT2D eigenvalue weighted by Crippen LogP contribution is -2.41. The van der Waals surface area contributed by atoms with Gasteiger partial charge in [-0.3, -0.25) is 9.69 Å². The zero-order valence-corrected chi connectivity index (χ0v) is 17.9. The molecule has 0 radical (unpaired) electrons. The van der Waals surface area contributed by atoms with E-state index in [0.29, 0.717) is 30.8 Å². The lowest BCUT2D eigenvalue weighted by atomic mass is 9.85. The monoisotopic (exact) mass is 403 g/mol. The van der Waals surface area contributed by atoms with Crippen LogP contribution in [0.3, 0.4) is 0 Å². The fraction of sp³-hybridized carbons (Fsp3) is 0.650. The molecule has 0 saturated carbocycles. The first kappa shape index (κ1) is 25.2. The third-order valence-corrected chi connectivity index (χ3v) is 5.27. The molecule has 1 aliphatic rings. The Morgan fingerprint density at radius 2 is 1.96 bits per heavy atom. The van der Waals surface area contributed by atoms with E-state index in [4.69, 9.17) is 0 Å². The number of halogens is 2. The highest BCUT2D eigenvalue weighted by Crippen LogP contribution is 2.22. The summed E-state index contributed by atoms with van der Waals surface area (Å²) in [7, 11) is 2.11. The van der Waals surface area contributed by atoms with Crippen molar-refractivity contribution in [3.8, 4) is 0 Å². The second-order valence-electron chi connectivity index (χ2n) is 7.34. The molecule has 0 bridgehead atoms. The van der Waals surface area contributed by atoms with Gasteiger partial charge in [-0.1, -0.05) is 37.3 Å². The predicted molar refractivity (Wildman–Crippen MR) is 114 cm³/mol. The van der Waals surface area contributed by atoms with E-state index >= 15 is 0 Å². The smallest absolute Gasteiger partial charge is 0.220 e. The highest BCUT2D eigenvalue weighted by atomic mass is 35.5. The number of rotatable bonds is 8. The maximum atomic E-state index is 12.2. The van der Waals surface area contributed by atoms with Crippen LogP contribution in [0.5, 0.6) is 0 Å². The summed E-state index contributed by atoms with van der Waals surface area (Å²) in [5.41, 5.74) is 1.30. The Bertz CT molecular complexity index is 495. The third kappa shape index (κ3) is 8.72. The van der Waals surface area contributed by atoms with E-state index in [0.717, 1.165) is 19.6 Å². The Balaban J connectivity index is 0.00000312. The van der Waals surface area contributed by atoms with Crippen molar-refractivity contribution in [3.63, 3.8) is 0 Å². The molecule has 3 unspecified atom stereocenters. The molecule has 4 nitrogen and oxygen atoms in total. The highest BCUT2D eigenvalue weighted by Gasteiger charge is 2.22. The third-order valence-electron chi connectivity index (χ3n) is 5.27. The van der Waals surface area contributed by atoms with E-state index in [-0.39, 0.29) is 30.7 Å². The van der Waals surface area contributed by atoms with Gasteiger partial charge >= 0.3 is 0 Å². The van der Waals surface area contributed by atoms with Crippen molar-refractivity contribution in [1.82, 2.24) is 15.5 Å². The van der Waals surface area contributed by atoms with Gasteiger partial charge in [-0.15, -0.1) is 24.8 Å². The number of hydrogen-bond donors (Lipinski definition) is 2. The number of piperidine rings is 1. The Kier molecular flexibility index (Phi) is 13.0. The number of carbonyl (C=O) groups excluding carboxylic acids is 1. The summed E-state index contributed by atoms with van der Waals surface area (Å²) in [4.78, 5) is 14.5. The minimum atomic E-state index is 0. The quantitative estimate of drug-likeness (QED) is 0.697. The number of likely N-dealkylation sites (N-methyl/N-ethyl adjacent to an activating group) is 1. The molecule has 1 fully saturated rings. The lowest BCUT2D eigenvalue weighted by molar-refractivity contribution is -0.122. The van der Waals surface area contributed by atoms with Gasteiger partial charge in [0.05, 0.1) is 0 Å². The van der Waals surface area contributed by atoms with Crippen LogP contribution >= 0.6 is 24.8 Å². The van der Waals surface area contributed by atoms with Crippen LogP contribution in [-0.2, 0) is 11.3 Å². The number of carbonyl (C=O) groups is 1. The summed E-state index contributed by atoms with van der Waals surface area (Å²) in [6, 6.07) is 10.8. The van der Waals surface area contributed by atoms with Crippen LogP contribution in [0.1, 0.15) is 38.7 Å². The molecule has 1 aliphatic heterocycles. The van der Waals surface area contributed by atoms with Crippen molar-refractivity contribution >= 4 is 30.7 Å². The van der Waals surface area contributed by atoms with Gasteiger partial charge < -0.3 is 10.6 Å². The van der Waals surface area contributed by atoms with Gasteiger partial charge in [-0.05, 0) is 57.3 Å². The van der Waals surface area contributed by atoms with Crippen LogP contribution in [0.4, 0.5) is 0 Å². The molecule has 2 rings (SSSR count). The zero-order valence-electron chi connectivity index (χ0n) is 16.2. The summed E-state index contributed by atoms with van der Waals surface area (Å²) in [6.45, 7) is 8.17. The van der Waals surface area contributed by atoms with E-state index in [1.54, 1.807) is 0 Å². The van der Waals surface area contributed by atoms with Crippen LogP contribution in [-0.4, -0.2) is 43.5 Å². The predicted octanol–water partition coefficient (Wildman–Crippen LogP) is 3.49. The van der Waals surface area contributed by atoms with Crippen molar-refractivity contribution in [1.29, 1.82) is 0 Å². The van der Waals surface area contributed by atoms with Crippen LogP contribution in [0.25, 0.3) is 0 Å². The zero-order chi connectivity index (χ0) is 17.4. The van der Waals surface area contributed by atoms with Gasteiger partial charge in [0.2, 0.25) is 5.91 Å². The summed E-state index contributed by atoms with van der Waals surface area (Å²) >= 11 is 0. The van der Waals surface area contributed by atoms with E-state index in [1.165, 1.54) is 18.4 Å². The van der Waals surface area contributed by atoms with Crippen molar-refractivity contribution in [2.45, 2.75) is 45.7 Å². The Hall–Kier alpha value is -0.810. The van der Waals surface area contributed by atoms with Gasteiger partial charge in [0.1, 0.15) is 0 Å². The summed E-state index contributed by atoms with van der Waals surface area (Å²) < 4.78 is 0. The number of amides is 1. The molecule has 0 aliphatic carbocycles. The maximum absolute atomic E-state index is 12.2. The van der Waals surface area contributed by atoms with E-state index in [1.807, 2.05) is 6.07 Å². The van der Waals surface area contributed by atoms with Gasteiger partial charge in [0.25, 0.3) is 0 Å². The first-order valence-corrected chi connectivity index (χ1v) is 9.28. The molecule has 0 spiro atoms. The molecule has 6 heteroatoms.